The highest BCUT2D eigenvalue weighted by atomic mass is 32.2. The van der Waals surface area contributed by atoms with Crippen LogP contribution >= 0.6 is 0 Å². The van der Waals surface area contributed by atoms with E-state index in [4.69, 9.17) is 14.2 Å². The number of rotatable bonds is 10. The van der Waals surface area contributed by atoms with Gasteiger partial charge in [0.25, 0.3) is 21.8 Å². The van der Waals surface area contributed by atoms with Gasteiger partial charge in [-0.3, -0.25) is 9.59 Å². The molecule has 0 aliphatic rings. The molecule has 0 atom stereocenters. The molecule has 1 aromatic heterocycles. The molecule has 11 nitrogen and oxygen atoms in total. The van der Waals surface area contributed by atoms with Gasteiger partial charge >= 0.3 is 6.16 Å². The first kappa shape index (κ1) is 28.1. The number of para-hydroxylation sites is 1. The lowest BCUT2D eigenvalue weighted by molar-refractivity contribution is 0.0715. The van der Waals surface area contributed by atoms with Gasteiger partial charge in [-0.05, 0) is 62.2 Å². The molecule has 12 heteroatoms. The molecule has 38 heavy (non-hydrogen) atoms. The number of pyridine rings is 1. The zero-order valence-electron chi connectivity index (χ0n) is 21.0. The number of hydrogen-bond donors (Lipinski definition) is 2. The highest BCUT2D eigenvalue weighted by Gasteiger charge is 2.20. The lowest BCUT2D eigenvalue weighted by Crippen LogP contribution is -2.31. The minimum atomic E-state index is -4.23. The van der Waals surface area contributed by atoms with Crippen LogP contribution in [-0.2, 0) is 21.2 Å². The summed E-state index contributed by atoms with van der Waals surface area (Å²) < 4.78 is 42.2. The molecular weight excluding hydrogens is 514 g/mol. The zero-order chi connectivity index (χ0) is 27.7. The summed E-state index contributed by atoms with van der Waals surface area (Å²) in [6, 6.07) is 15.1. The van der Waals surface area contributed by atoms with Crippen LogP contribution in [0.15, 0.2) is 71.8 Å². The predicted molar refractivity (Wildman–Crippen MR) is 137 cm³/mol. The van der Waals surface area contributed by atoms with Crippen molar-refractivity contribution in [2.24, 2.45) is 0 Å². The standard InChI is InChI=1S/C26H27N3O8S/c1-17(2)36-26(32)37-23-13-10-20(16-28-23)25(31)29-38(33,34)21-11-8-19(9-12-21)24(30)27-15-14-18-6-4-5-7-22(18)35-3/h4-13,16-17H,14-15H2,1-3H3,(H,27,30)(H,29,31). The smallest absolute Gasteiger partial charge is 0.496 e. The molecule has 0 aliphatic heterocycles. The van der Waals surface area contributed by atoms with Crippen LogP contribution in [0, 0.1) is 0 Å². The van der Waals surface area contributed by atoms with Crippen molar-refractivity contribution >= 4 is 28.0 Å². The van der Waals surface area contributed by atoms with Crippen molar-refractivity contribution in [2.75, 3.05) is 13.7 Å². The van der Waals surface area contributed by atoms with E-state index in [2.05, 4.69) is 10.3 Å². The number of nitrogens with one attached hydrogen (secondary N) is 2. The van der Waals surface area contributed by atoms with Crippen molar-refractivity contribution in [3.8, 4) is 11.6 Å². The average molecular weight is 542 g/mol. The van der Waals surface area contributed by atoms with E-state index in [1.807, 2.05) is 29.0 Å². The topological polar surface area (TPSA) is 150 Å². The SMILES string of the molecule is COc1ccccc1CCNC(=O)c1ccc(S(=O)(=O)NC(=O)c2ccc(OC(=O)OC(C)C)nc2)cc1. The van der Waals surface area contributed by atoms with Crippen LogP contribution < -0.4 is 19.5 Å². The Balaban J connectivity index is 1.56. The maximum atomic E-state index is 12.7. The Morgan fingerprint density at radius 1 is 0.921 bits per heavy atom. The zero-order valence-corrected chi connectivity index (χ0v) is 21.8. The summed E-state index contributed by atoms with van der Waals surface area (Å²) in [5.74, 6) is -0.706. The van der Waals surface area contributed by atoms with Gasteiger partial charge in [0, 0.05) is 24.4 Å². The van der Waals surface area contributed by atoms with Crippen LogP contribution in [0.25, 0.3) is 0 Å². The van der Waals surface area contributed by atoms with Gasteiger partial charge in [-0.1, -0.05) is 18.2 Å². The van der Waals surface area contributed by atoms with Crippen molar-refractivity contribution in [1.82, 2.24) is 15.0 Å². The average Bonchev–Trinajstić information content (AvgIpc) is 2.88. The van der Waals surface area contributed by atoms with Crippen LogP contribution in [0.3, 0.4) is 0 Å². The highest BCUT2D eigenvalue weighted by Crippen LogP contribution is 2.17. The van der Waals surface area contributed by atoms with Gasteiger partial charge in [0.05, 0.1) is 23.7 Å². The van der Waals surface area contributed by atoms with Crippen molar-refractivity contribution < 1.29 is 37.0 Å². The summed E-state index contributed by atoms with van der Waals surface area (Å²) in [6.07, 6.45) is 0.269. The fraction of sp³-hybridized carbons (Fsp3) is 0.231. The minimum Gasteiger partial charge on any atom is -0.496 e. The monoisotopic (exact) mass is 541 g/mol. The number of carbonyl (C=O) groups excluding carboxylic acids is 3. The van der Waals surface area contributed by atoms with E-state index in [1.165, 1.54) is 36.4 Å². The van der Waals surface area contributed by atoms with E-state index in [1.54, 1.807) is 21.0 Å². The quantitative estimate of drug-likeness (QED) is 0.369. The summed E-state index contributed by atoms with van der Waals surface area (Å²) in [5.41, 5.74) is 1.12. The highest BCUT2D eigenvalue weighted by molar-refractivity contribution is 7.90. The second kappa shape index (κ2) is 12.7. The minimum absolute atomic E-state index is 0.0794. The van der Waals surface area contributed by atoms with Gasteiger partial charge < -0.3 is 19.5 Å². The van der Waals surface area contributed by atoms with Crippen molar-refractivity contribution in [3.05, 3.63) is 83.6 Å². The Morgan fingerprint density at radius 3 is 2.24 bits per heavy atom. The van der Waals surface area contributed by atoms with E-state index >= 15 is 0 Å². The molecule has 0 radical (unpaired) electrons. The molecule has 3 aromatic rings. The van der Waals surface area contributed by atoms with E-state index in [0.717, 1.165) is 17.5 Å². The van der Waals surface area contributed by atoms with E-state index < -0.39 is 22.1 Å². The maximum absolute atomic E-state index is 12.7. The summed E-state index contributed by atoms with van der Waals surface area (Å²) in [4.78, 5) is 40.0. The molecular formula is C26H27N3O8S. The Kier molecular flexibility index (Phi) is 9.39. The lowest BCUT2D eigenvalue weighted by Gasteiger charge is -2.10. The third-order valence-corrected chi connectivity index (χ3v) is 6.39. The first-order chi connectivity index (χ1) is 18.1. The number of sulfonamides is 1. The van der Waals surface area contributed by atoms with Gasteiger partial charge in [0.2, 0.25) is 5.88 Å². The molecule has 1 heterocycles. The number of carbonyl (C=O) groups is 3. The molecule has 2 aromatic carbocycles. The number of hydrogen-bond acceptors (Lipinski definition) is 9. The van der Waals surface area contributed by atoms with Crippen LogP contribution in [-0.4, -0.2) is 51.1 Å². The van der Waals surface area contributed by atoms with Gasteiger partial charge in [-0.2, -0.15) is 0 Å². The summed E-state index contributed by atoms with van der Waals surface area (Å²) in [5, 5.41) is 2.78. The van der Waals surface area contributed by atoms with Crippen molar-refractivity contribution in [1.29, 1.82) is 0 Å². The van der Waals surface area contributed by atoms with Crippen molar-refractivity contribution in [2.45, 2.75) is 31.3 Å². The molecule has 200 valence electrons. The van der Waals surface area contributed by atoms with Crippen LogP contribution in [0.5, 0.6) is 11.6 Å². The first-order valence-corrected chi connectivity index (χ1v) is 13.0. The number of methoxy groups -OCH3 is 1. The lowest BCUT2D eigenvalue weighted by atomic mass is 10.1. The van der Waals surface area contributed by atoms with Crippen LogP contribution in [0.2, 0.25) is 0 Å². The molecule has 0 aliphatic carbocycles. The molecule has 3 rings (SSSR count). The summed E-state index contributed by atoms with van der Waals surface area (Å²) in [6.45, 7) is 3.65. The maximum Gasteiger partial charge on any atom is 0.515 e. The number of nitrogens with zero attached hydrogens (tertiary/aromatic N) is 1. The van der Waals surface area contributed by atoms with Gasteiger partial charge in [0.1, 0.15) is 5.75 Å². The Labute approximate surface area is 220 Å². The van der Waals surface area contributed by atoms with E-state index in [9.17, 15) is 22.8 Å². The predicted octanol–water partition coefficient (Wildman–Crippen LogP) is 3.11. The fourth-order valence-corrected chi connectivity index (χ4v) is 4.20. The molecule has 0 bridgehead atoms. The largest absolute Gasteiger partial charge is 0.515 e. The molecule has 0 unspecified atom stereocenters. The summed E-state index contributed by atoms with van der Waals surface area (Å²) in [7, 11) is -2.66. The van der Waals surface area contributed by atoms with E-state index in [-0.39, 0.29) is 33.9 Å². The molecule has 0 spiro atoms. The molecule has 2 amide bonds. The first-order valence-electron chi connectivity index (χ1n) is 11.5. The third-order valence-electron chi connectivity index (χ3n) is 5.04. The van der Waals surface area contributed by atoms with Crippen molar-refractivity contribution in [3.63, 3.8) is 0 Å². The number of aromatic nitrogens is 1. The molecule has 0 saturated carbocycles. The Hall–Kier alpha value is -4.45. The Bertz CT molecular complexity index is 1390. The molecule has 0 fully saturated rings. The molecule has 0 saturated heterocycles. The van der Waals surface area contributed by atoms with E-state index in [0.29, 0.717) is 13.0 Å². The fourth-order valence-electron chi connectivity index (χ4n) is 3.22. The third kappa shape index (κ3) is 7.77. The molecule has 2 N–H and O–H groups in total. The van der Waals surface area contributed by atoms with Gasteiger partial charge in [0.15, 0.2) is 0 Å². The number of amides is 2. The number of benzene rings is 2. The second-order valence-electron chi connectivity index (χ2n) is 8.18. The second-order valence-corrected chi connectivity index (χ2v) is 9.86. The normalized spacial score (nSPS) is 10.9. The van der Waals surface area contributed by atoms with Gasteiger partial charge in [-0.25, -0.2) is 22.9 Å². The van der Waals surface area contributed by atoms with Crippen LogP contribution in [0.1, 0.15) is 40.1 Å². The Morgan fingerprint density at radius 2 is 1.61 bits per heavy atom. The van der Waals surface area contributed by atoms with Crippen LogP contribution in [0.4, 0.5) is 4.79 Å². The summed E-state index contributed by atoms with van der Waals surface area (Å²) >= 11 is 0. The van der Waals surface area contributed by atoms with Gasteiger partial charge in [-0.15, -0.1) is 0 Å². The number of ether oxygens (including phenoxy) is 3.